The van der Waals surface area contributed by atoms with Gasteiger partial charge < -0.3 is 10.8 Å². The van der Waals surface area contributed by atoms with Crippen molar-refractivity contribution in [3.63, 3.8) is 0 Å². The van der Waals surface area contributed by atoms with Gasteiger partial charge in [-0.15, -0.1) is 11.3 Å². The number of aliphatic hydroxyl groups is 1. The second-order valence-electron chi connectivity index (χ2n) is 10.7. The summed E-state index contributed by atoms with van der Waals surface area (Å²) in [5.74, 6) is 0. The molecule has 0 fully saturated rings. The number of fused-ring (bicyclic) bond motifs is 2. The van der Waals surface area contributed by atoms with Crippen molar-refractivity contribution in [2.45, 2.75) is 89.0 Å². The molecule has 2 aromatic heterocycles. The monoisotopic (exact) mass is 482 g/mol. The summed E-state index contributed by atoms with van der Waals surface area (Å²) in [7, 11) is 0. The van der Waals surface area contributed by atoms with Gasteiger partial charge in [-0.3, -0.25) is 0 Å². The van der Waals surface area contributed by atoms with Crippen molar-refractivity contribution in [3.8, 4) is 5.69 Å². The average molecular weight is 483 g/mol. The number of thiazole rings is 1. The topological polar surface area (TPSA) is 77.0 Å². The Labute approximate surface area is 205 Å². The molecule has 2 aliphatic rings. The Bertz CT molecular complexity index is 1160. The van der Waals surface area contributed by atoms with Crippen molar-refractivity contribution in [1.82, 2.24) is 14.8 Å². The summed E-state index contributed by atoms with van der Waals surface area (Å²) < 4.78 is 1.84. The van der Waals surface area contributed by atoms with E-state index in [1.54, 1.807) is 13.8 Å². The highest BCUT2D eigenvalue weighted by Crippen LogP contribution is 2.39. The first-order valence-corrected chi connectivity index (χ1v) is 13.2. The third-order valence-corrected chi connectivity index (χ3v) is 8.38. The van der Waals surface area contributed by atoms with Crippen LogP contribution in [0.2, 0.25) is 0 Å². The van der Waals surface area contributed by atoms with E-state index in [0.717, 1.165) is 29.1 Å². The summed E-state index contributed by atoms with van der Waals surface area (Å²) in [4.78, 5) is 5.74. The third-order valence-electron chi connectivity index (χ3n) is 6.73. The molecule has 2 aliphatic carbocycles. The summed E-state index contributed by atoms with van der Waals surface area (Å²) in [6.07, 6.45) is 9.80. The van der Waals surface area contributed by atoms with E-state index < -0.39 is 11.6 Å². The molecule has 0 radical (unpaired) electrons. The SMILES string of the molecule is CC(C)(S)Cc1nc(C(C)(C)O)sc1C(N)c1ccn(-c2c3c(cc4c2CCC4)CCC3)n1. The molecule has 0 amide bonds. The molecule has 5 nitrogen and oxygen atoms in total. The fourth-order valence-corrected chi connectivity index (χ4v) is 6.48. The highest BCUT2D eigenvalue weighted by atomic mass is 32.1. The predicted molar refractivity (Wildman–Crippen MR) is 138 cm³/mol. The van der Waals surface area contributed by atoms with Crippen LogP contribution in [0.1, 0.15) is 90.1 Å². The maximum absolute atomic E-state index is 10.6. The number of aryl methyl sites for hydroxylation is 2. The maximum atomic E-state index is 10.6. The molecule has 2 heterocycles. The van der Waals surface area contributed by atoms with E-state index in [9.17, 15) is 5.11 Å². The Balaban J connectivity index is 1.54. The van der Waals surface area contributed by atoms with Gasteiger partial charge in [0.25, 0.3) is 0 Å². The Morgan fingerprint density at radius 2 is 1.76 bits per heavy atom. The Morgan fingerprint density at radius 1 is 1.12 bits per heavy atom. The third kappa shape index (κ3) is 4.41. The van der Waals surface area contributed by atoms with Crippen LogP contribution in [-0.4, -0.2) is 24.6 Å². The minimum Gasteiger partial charge on any atom is -0.383 e. The van der Waals surface area contributed by atoms with Gasteiger partial charge in [-0.2, -0.15) is 17.7 Å². The molecule has 5 rings (SSSR count). The van der Waals surface area contributed by atoms with Gasteiger partial charge in [0.2, 0.25) is 0 Å². The number of rotatable bonds is 6. The van der Waals surface area contributed by atoms with Crippen molar-refractivity contribution in [1.29, 1.82) is 0 Å². The van der Waals surface area contributed by atoms with Gasteiger partial charge in [0, 0.05) is 17.4 Å². The van der Waals surface area contributed by atoms with Crippen molar-refractivity contribution in [2.24, 2.45) is 5.73 Å². The van der Waals surface area contributed by atoms with Crippen LogP contribution < -0.4 is 5.73 Å². The molecule has 0 bridgehead atoms. The zero-order valence-corrected chi connectivity index (χ0v) is 21.7. The Kier molecular flexibility index (Phi) is 5.75. The lowest BCUT2D eigenvalue weighted by molar-refractivity contribution is 0.0781. The smallest absolute Gasteiger partial charge is 0.124 e. The molecular formula is C26H34N4OS2. The van der Waals surface area contributed by atoms with Crippen molar-refractivity contribution in [2.75, 3.05) is 0 Å². The number of aromatic nitrogens is 3. The Morgan fingerprint density at radius 3 is 2.33 bits per heavy atom. The van der Waals surface area contributed by atoms with E-state index in [4.69, 9.17) is 28.4 Å². The normalized spacial score (nSPS) is 16.8. The number of nitrogens with zero attached hydrogens (tertiary/aromatic N) is 3. The fraction of sp³-hybridized carbons (Fsp3) is 0.538. The average Bonchev–Trinajstić information content (AvgIpc) is 3.48. The van der Waals surface area contributed by atoms with Crippen LogP contribution in [0.15, 0.2) is 18.3 Å². The van der Waals surface area contributed by atoms with Crippen LogP contribution in [0.5, 0.6) is 0 Å². The standard InChI is InChI=1S/C26H34N4OS2/c1-25(2,32)14-20-23(33-24(28-20)26(3,4)31)21(27)19-11-12-30(29-19)22-17-9-5-7-15(17)13-16-8-6-10-18(16)22/h11-13,21,31-32H,5-10,14,27H2,1-4H3. The number of hydrogen-bond donors (Lipinski definition) is 3. The molecule has 0 saturated carbocycles. The number of nitrogens with two attached hydrogens (primary N) is 1. The van der Waals surface area contributed by atoms with Gasteiger partial charge in [-0.1, -0.05) is 19.9 Å². The van der Waals surface area contributed by atoms with Crippen LogP contribution in [0, 0.1) is 0 Å². The first-order valence-electron chi connectivity index (χ1n) is 11.9. The van der Waals surface area contributed by atoms with Crippen molar-refractivity contribution >= 4 is 24.0 Å². The molecule has 3 N–H and O–H groups in total. The van der Waals surface area contributed by atoms with Crippen molar-refractivity contribution in [3.05, 3.63) is 61.9 Å². The zero-order chi connectivity index (χ0) is 23.5. The first-order chi connectivity index (χ1) is 15.5. The quantitative estimate of drug-likeness (QED) is 0.440. The molecule has 176 valence electrons. The van der Waals surface area contributed by atoms with E-state index in [1.807, 2.05) is 6.07 Å². The van der Waals surface area contributed by atoms with Gasteiger partial charge in [0.05, 0.1) is 28.0 Å². The molecule has 0 spiro atoms. The summed E-state index contributed by atoms with van der Waals surface area (Å²) >= 11 is 6.21. The minimum absolute atomic E-state index is 0.232. The van der Waals surface area contributed by atoms with E-state index in [2.05, 4.69) is 30.8 Å². The number of hydrogen-bond acceptors (Lipinski definition) is 6. The van der Waals surface area contributed by atoms with Gasteiger partial charge in [-0.25, -0.2) is 9.67 Å². The molecular weight excluding hydrogens is 448 g/mol. The minimum atomic E-state index is -1.01. The molecule has 33 heavy (non-hydrogen) atoms. The molecule has 1 atom stereocenters. The zero-order valence-electron chi connectivity index (χ0n) is 20.0. The lowest BCUT2D eigenvalue weighted by atomic mass is 9.99. The summed E-state index contributed by atoms with van der Waals surface area (Å²) in [5.41, 5.74) is 14.8. The molecule has 0 aliphatic heterocycles. The molecule has 1 unspecified atom stereocenters. The molecule has 1 aromatic carbocycles. The molecule has 7 heteroatoms. The number of benzene rings is 1. The highest BCUT2D eigenvalue weighted by molar-refractivity contribution is 7.81. The van der Waals surface area contributed by atoms with Crippen LogP contribution in [0.3, 0.4) is 0 Å². The van der Waals surface area contributed by atoms with Gasteiger partial charge in [0.1, 0.15) is 10.6 Å². The van der Waals surface area contributed by atoms with Gasteiger partial charge >= 0.3 is 0 Å². The second-order valence-corrected chi connectivity index (χ2v) is 13.0. The summed E-state index contributed by atoms with van der Waals surface area (Å²) in [6, 6.07) is 4.10. The maximum Gasteiger partial charge on any atom is 0.124 e. The lowest BCUT2D eigenvalue weighted by Crippen LogP contribution is -2.20. The fourth-order valence-electron chi connectivity index (χ4n) is 5.23. The van der Waals surface area contributed by atoms with E-state index in [0.29, 0.717) is 11.4 Å². The van der Waals surface area contributed by atoms with Crippen LogP contribution >= 0.6 is 24.0 Å². The van der Waals surface area contributed by atoms with Crippen LogP contribution in [0.25, 0.3) is 5.69 Å². The summed E-state index contributed by atoms with van der Waals surface area (Å²) in [6.45, 7) is 7.67. The van der Waals surface area contributed by atoms with Crippen LogP contribution in [-0.2, 0) is 37.7 Å². The van der Waals surface area contributed by atoms with E-state index >= 15 is 0 Å². The van der Waals surface area contributed by atoms with Crippen LogP contribution in [0.4, 0.5) is 0 Å². The molecule has 3 aromatic rings. The Hall–Kier alpha value is -1.67. The highest BCUT2D eigenvalue weighted by Gasteiger charge is 2.30. The summed E-state index contributed by atoms with van der Waals surface area (Å²) in [5, 5.41) is 16.3. The first kappa shape index (κ1) is 23.1. The van der Waals surface area contributed by atoms with Crippen molar-refractivity contribution < 1.29 is 5.11 Å². The lowest BCUT2D eigenvalue weighted by Gasteiger charge is -2.18. The largest absolute Gasteiger partial charge is 0.383 e. The predicted octanol–water partition coefficient (Wildman–Crippen LogP) is 4.83. The van der Waals surface area contributed by atoms with Gasteiger partial charge in [-0.05, 0) is 80.7 Å². The molecule has 0 saturated heterocycles. The van der Waals surface area contributed by atoms with E-state index in [-0.39, 0.29) is 4.75 Å². The second kappa shape index (κ2) is 8.22. The van der Waals surface area contributed by atoms with E-state index in [1.165, 1.54) is 65.0 Å². The van der Waals surface area contributed by atoms with Gasteiger partial charge in [0.15, 0.2) is 0 Å². The number of thiol groups is 1.